The van der Waals surface area contributed by atoms with Crippen molar-refractivity contribution in [1.82, 2.24) is 15.1 Å². The first-order valence-electron chi connectivity index (χ1n) is 9.26. The molecule has 2 heterocycles. The molecule has 0 saturated heterocycles. The SMILES string of the molecule is CCCCNC(=O)/C(C#N)=C/c1cn(Cc2ccccc2)nc1-c1cccs1. The average molecular weight is 391 g/mol. The molecule has 2 aromatic heterocycles. The first-order valence-corrected chi connectivity index (χ1v) is 10.1. The highest BCUT2D eigenvalue weighted by Gasteiger charge is 2.15. The summed E-state index contributed by atoms with van der Waals surface area (Å²) in [5, 5.41) is 19.0. The Kier molecular flexibility index (Phi) is 6.77. The molecule has 142 valence electrons. The van der Waals surface area contributed by atoms with Crippen molar-refractivity contribution >= 4 is 23.3 Å². The fourth-order valence-corrected chi connectivity index (χ4v) is 3.51. The number of hydrogen-bond acceptors (Lipinski definition) is 4. The molecule has 1 amide bonds. The Morgan fingerprint density at radius 1 is 1.29 bits per heavy atom. The van der Waals surface area contributed by atoms with Gasteiger partial charge in [-0.05, 0) is 29.5 Å². The molecule has 0 unspecified atom stereocenters. The van der Waals surface area contributed by atoms with E-state index in [1.54, 1.807) is 17.4 Å². The summed E-state index contributed by atoms with van der Waals surface area (Å²) in [5.41, 5.74) is 2.77. The van der Waals surface area contributed by atoms with E-state index in [4.69, 9.17) is 5.10 Å². The lowest BCUT2D eigenvalue weighted by Gasteiger charge is -2.02. The Labute approximate surface area is 168 Å². The van der Waals surface area contributed by atoms with Gasteiger partial charge in [-0.3, -0.25) is 9.48 Å². The van der Waals surface area contributed by atoms with Crippen LogP contribution < -0.4 is 5.32 Å². The van der Waals surface area contributed by atoms with Crippen LogP contribution in [0, 0.1) is 11.3 Å². The molecular weight excluding hydrogens is 368 g/mol. The highest BCUT2D eigenvalue weighted by Crippen LogP contribution is 2.28. The van der Waals surface area contributed by atoms with E-state index in [1.807, 2.05) is 64.8 Å². The largest absolute Gasteiger partial charge is 0.351 e. The van der Waals surface area contributed by atoms with Crippen molar-refractivity contribution in [2.24, 2.45) is 0 Å². The predicted octanol–water partition coefficient (Wildman–Crippen LogP) is 4.48. The fourth-order valence-electron chi connectivity index (χ4n) is 2.78. The topological polar surface area (TPSA) is 70.7 Å². The molecule has 0 aliphatic heterocycles. The van der Waals surface area contributed by atoms with E-state index in [1.165, 1.54) is 0 Å². The summed E-state index contributed by atoms with van der Waals surface area (Å²) in [7, 11) is 0. The van der Waals surface area contributed by atoms with Crippen LogP contribution in [-0.2, 0) is 11.3 Å². The first-order chi connectivity index (χ1) is 13.7. The van der Waals surface area contributed by atoms with Gasteiger partial charge in [-0.15, -0.1) is 11.3 Å². The van der Waals surface area contributed by atoms with Crippen LogP contribution in [0.3, 0.4) is 0 Å². The number of nitrogens with one attached hydrogen (secondary N) is 1. The van der Waals surface area contributed by atoms with Gasteiger partial charge >= 0.3 is 0 Å². The molecule has 28 heavy (non-hydrogen) atoms. The fraction of sp³-hybridized carbons (Fsp3) is 0.227. The summed E-state index contributed by atoms with van der Waals surface area (Å²) in [6.07, 6.45) is 5.39. The van der Waals surface area contributed by atoms with E-state index in [2.05, 4.69) is 12.2 Å². The minimum Gasteiger partial charge on any atom is -0.351 e. The van der Waals surface area contributed by atoms with Crippen molar-refractivity contribution in [1.29, 1.82) is 5.26 Å². The summed E-state index contributed by atoms with van der Waals surface area (Å²) >= 11 is 1.58. The number of carbonyl (C=O) groups excluding carboxylic acids is 1. The molecule has 0 saturated carbocycles. The molecule has 0 atom stereocenters. The third kappa shape index (κ3) is 4.96. The van der Waals surface area contributed by atoms with Gasteiger partial charge in [-0.1, -0.05) is 49.7 Å². The molecule has 5 nitrogen and oxygen atoms in total. The van der Waals surface area contributed by atoms with Crippen LogP contribution in [0.25, 0.3) is 16.6 Å². The smallest absolute Gasteiger partial charge is 0.261 e. The van der Waals surface area contributed by atoms with E-state index in [0.717, 1.165) is 34.5 Å². The van der Waals surface area contributed by atoms with Crippen LogP contribution in [0.15, 0.2) is 59.6 Å². The normalized spacial score (nSPS) is 11.2. The molecule has 6 heteroatoms. The van der Waals surface area contributed by atoms with Crippen molar-refractivity contribution in [2.75, 3.05) is 6.54 Å². The summed E-state index contributed by atoms with van der Waals surface area (Å²) < 4.78 is 1.85. The van der Waals surface area contributed by atoms with Crippen LogP contribution in [0.5, 0.6) is 0 Å². The second kappa shape index (κ2) is 9.67. The van der Waals surface area contributed by atoms with Gasteiger partial charge in [0.25, 0.3) is 5.91 Å². The van der Waals surface area contributed by atoms with E-state index in [-0.39, 0.29) is 11.5 Å². The van der Waals surface area contributed by atoms with Crippen molar-refractivity contribution in [3.63, 3.8) is 0 Å². The molecule has 0 aliphatic rings. The van der Waals surface area contributed by atoms with Crippen molar-refractivity contribution in [3.05, 3.63) is 70.7 Å². The zero-order valence-corrected chi connectivity index (χ0v) is 16.6. The number of nitrogens with zero attached hydrogens (tertiary/aromatic N) is 3. The molecule has 0 fully saturated rings. The number of amides is 1. The van der Waals surface area contributed by atoms with Crippen molar-refractivity contribution in [3.8, 4) is 16.6 Å². The van der Waals surface area contributed by atoms with E-state index >= 15 is 0 Å². The summed E-state index contributed by atoms with van der Waals surface area (Å²) in [4.78, 5) is 13.3. The third-order valence-electron chi connectivity index (χ3n) is 4.21. The van der Waals surface area contributed by atoms with Gasteiger partial charge in [0.2, 0.25) is 0 Å². The molecule has 0 bridgehead atoms. The summed E-state index contributed by atoms with van der Waals surface area (Å²) in [6, 6.07) is 16.0. The number of benzene rings is 1. The summed E-state index contributed by atoms with van der Waals surface area (Å²) in [6.45, 7) is 3.25. The number of nitriles is 1. The minimum absolute atomic E-state index is 0.0909. The monoisotopic (exact) mass is 390 g/mol. The summed E-state index contributed by atoms with van der Waals surface area (Å²) in [5.74, 6) is -0.344. The quantitative estimate of drug-likeness (QED) is 0.350. The van der Waals surface area contributed by atoms with E-state index in [9.17, 15) is 10.1 Å². The van der Waals surface area contributed by atoms with Gasteiger partial charge < -0.3 is 5.32 Å². The van der Waals surface area contributed by atoms with Crippen LogP contribution in [0.2, 0.25) is 0 Å². The molecule has 1 N–H and O–H groups in total. The average Bonchev–Trinajstić information content (AvgIpc) is 3.36. The van der Waals surface area contributed by atoms with Crippen LogP contribution >= 0.6 is 11.3 Å². The lowest BCUT2D eigenvalue weighted by Crippen LogP contribution is -2.25. The Balaban J connectivity index is 1.91. The molecule has 1 aromatic carbocycles. The molecular formula is C22H22N4OS. The maximum Gasteiger partial charge on any atom is 0.261 e. The standard InChI is InChI=1S/C22H22N4OS/c1-2-3-11-24-22(27)18(14-23)13-19-16-26(15-17-8-5-4-6-9-17)25-21(19)20-10-7-12-28-20/h4-10,12-13,16H,2-3,11,15H2,1H3,(H,24,27)/b18-13+. The number of rotatable bonds is 8. The van der Waals surface area contributed by atoms with Gasteiger partial charge in [0, 0.05) is 18.3 Å². The minimum atomic E-state index is -0.344. The third-order valence-corrected chi connectivity index (χ3v) is 5.09. The Morgan fingerprint density at radius 3 is 2.79 bits per heavy atom. The number of hydrogen-bond donors (Lipinski definition) is 1. The second-order valence-corrected chi connectivity index (χ2v) is 7.32. The number of unbranched alkanes of at least 4 members (excludes halogenated alkanes) is 1. The van der Waals surface area contributed by atoms with Gasteiger partial charge in [0.1, 0.15) is 17.3 Å². The highest BCUT2D eigenvalue weighted by atomic mass is 32.1. The van der Waals surface area contributed by atoms with Crippen LogP contribution in [0.4, 0.5) is 0 Å². The van der Waals surface area contributed by atoms with E-state index in [0.29, 0.717) is 13.1 Å². The molecule has 3 rings (SSSR count). The molecule has 0 aliphatic carbocycles. The lowest BCUT2D eigenvalue weighted by atomic mass is 10.1. The lowest BCUT2D eigenvalue weighted by molar-refractivity contribution is -0.117. The highest BCUT2D eigenvalue weighted by molar-refractivity contribution is 7.13. The maximum atomic E-state index is 12.3. The van der Waals surface area contributed by atoms with Crippen LogP contribution in [0.1, 0.15) is 30.9 Å². The van der Waals surface area contributed by atoms with Gasteiger partial charge in [-0.25, -0.2) is 0 Å². The molecule has 0 spiro atoms. The van der Waals surface area contributed by atoms with Crippen LogP contribution in [-0.4, -0.2) is 22.2 Å². The zero-order chi connectivity index (χ0) is 19.8. The molecule has 0 radical (unpaired) electrons. The Morgan fingerprint density at radius 2 is 2.11 bits per heavy atom. The second-order valence-electron chi connectivity index (χ2n) is 6.37. The number of thiophene rings is 1. The van der Waals surface area contributed by atoms with Gasteiger partial charge in [0.15, 0.2) is 0 Å². The van der Waals surface area contributed by atoms with Gasteiger partial charge in [0.05, 0.1) is 11.4 Å². The number of aromatic nitrogens is 2. The van der Waals surface area contributed by atoms with Crippen molar-refractivity contribution in [2.45, 2.75) is 26.3 Å². The molecule has 3 aromatic rings. The first kappa shape index (κ1) is 19.6. The predicted molar refractivity (Wildman–Crippen MR) is 113 cm³/mol. The maximum absolute atomic E-state index is 12.3. The Bertz CT molecular complexity index is 981. The Hall–Kier alpha value is -3.17. The number of carbonyl (C=O) groups is 1. The zero-order valence-electron chi connectivity index (χ0n) is 15.8. The van der Waals surface area contributed by atoms with E-state index < -0.39 is 0 Å². The van der Waals surface area contributed by atoms with Gasteiger partial charge in [-0.2, -0.15) is 10.4 Å². The van der Waals surface area contributed by atoms with Crippen molar-refractivity contribution < 1.29 is 4.79 Å².